The first-order valence-electron chi connectivity index (χ1n) is 13.5. The molecule has 5 heteroatoms. The Morgan fingerprint density at radius 2 is 1.69 bits per heavy atom. The van der Waals surface area contributed by atoms with Crippen LogP contribution in [0.2, 0.25) is 0 Å². The van der Waals surface area contributed by atoms with E-state index >= 15 is 0 Å². The largest absolute Gasteiger partial charge is 0.633 e. The highest BCUT2D eigenvalue weighted by Gasteiger charge is 2.61. The van der Waals surface area contributed by atoms with Gasteiger partial charge in [0, 0.05) is 17.8 Å². The van der Waals surface area contributed by atoms with Crippen molar-refractivity contribution in [3.05, 3.63) is 16.4 Å². The van der Waals surface area contributed by atoms with Crippen molar-refractivity contribution >= 4 is 0 Å². The molecule has 0 amide bonds. The Balaban J connectivity index is 1.32. The summed E-state index contributed by atoms with van der Waals surface area (Å²) in [6, 6.07) is -0.142. The molecule has 6 rings (SSSR count). The van der Waals surface area contributed by atoms with Gasteiger partial charge in [0.1, 0.15) is 12.1 Å². The molecule has 32 heavy (non-hydrogen) atoms. The van der Waals surface area contributed by atoms with Crippen LogP contribution < -0.4 is 0 Å². The fraction of sp³-hybridized carbons (Fsp3) is 0.926. The standard InChI is InChI=1S/C27H43NO4/c1-14-8-25(31)26-15(2)17-4-5-18-19(21(17)13-28(26,32)12-14)10-22-20(18)11-24(30)23-9-16(29)6-7-27(22,23)3/h14-19,21,23-26,29-31H,4-13H2,1-3H3. The molecule has 0 aromatic heterocycles. The van der Waals surface area contributed by atoms with Crippen LogP contribution in [0.25, 0.3) is 0 Å². The molecule has 0 radical (unpaired) electrons. The van der Waals surface area contributed by atoms with Crippen molar-refractivity contribution in [3.8, 4) is 0 Å². The maximum atomic E-state index is 14.2. The summed E-state index contributed by atoms with van der Waals surface area (Å²) in [4.78, 5) is 0. The number of fused-ring (bicyclic) bond motifs is 7. The third kappa shape index (κ3) is 2.94. The summed E-state index contributed by atoms with van der Waals surface area (Å²) in [5.74, 6) is 2.81. The zero-order valence-electron chi connectivity index (χ0n) is 20.1. The van der Waals surface area contributed by atoms with E-state index in [9.17, 15) is 20.5 Å². The molecule has 6 aliphatic rings. The van der Waals surface area contributed by atoms with Gasteiger partial charge in [-0.25, -0.2) is 0 Å². The van der Waals surface area contributed by atoms with Gasteiger partial charge in [-0.1, -0.05) is 31.9 Å². The minimum Gasteiger partial charge on any atom is -0.633 e. The van der Waals surface area contributed by atoms with Gasteiger partial charge in [-0.2, -0.15) is 0 Å². The first kappa shape index (κ1) is 22.0. The van der Waals surface area contributed by atoms with Gasteiger partial charge >= 0.3 is 0 Å². The van der Waals surface area contributed by atoms with Crippen LogP contribution in [-0.2, 0) is 0 Å². The Bertz CT molecular complexity index is 813. The Kier molecular flexibility index (Phi) is 5.01. The Morgan fingerprint density at radius 1 is 0.906 bits per heavy atom. The number of quaternary nitrogens is 1. The molecule has 4 aliphatic carbocycles. The van der Waals surface area contributed by atoms with Crippen molar-refractivity contribution in [2.75, 3.05) is 13.1 Å². The van der Waals surface area contributed by atoms with E-state index in [0.717, 1.165) is 44.9 Å². The Labute approximate surface area is 193 Å². The lowest BCUT2D eigenvalue weighted by Gasteiger charge is -2.64. The molecule has 2 saturated carbocycles. The van der Waals surface area contributed by atoms with Crippen LogP contribution in [0.5, 0.6) is 0 Å². The molecule has 0 bridgehead atoms. The van der Waals surface area contributed by atoms with E-state index in [0.29, 0.717) is 42.7 Å². The number of rotatable bonds is 0. The average Bonchev–Trinajstić information content (AvgIpc) is 3.08. The SMILES string of the molecule is CC1CC(O)C2C(C)C3CCC4C5=C(CC4C3C[N+]2([O-])C1)C1(C)CCC(O)CC1C(O)C5. The highest BCUT2D eigenvalue weighted by atomic mass is 16.6. The summed E-state index contributed by atoms with van der Waals surface area (Å²) < 4.78 is -0.173. The van der Waals surface area contributed by atoms with Crippen LogP contribution in [0.4, 0.5) is 0 Å². The molecule has 5 nitrogen and oxygen atoms in total. The van der Waals surface area contributed by atoms with Crippen LogP contribution in [-0.4, -0.2) is 57.4 Å². The number of hydrogen-bond acceptors (Lipinski definition) is 4. The molecule has 0 aromatic carbocycles. The third-order valence-corrected chi connectivity index (χ3v) is 11.6. The number of allylic oxidation sites excluding steroid dienone is 1. The molecule has 13 atom stereocenters. The van der Waals surface area contributed by atoms with E-state index in [1.54, 1.807) is 5.57 Å². The van der Waals surface area contributed by atoms with Gasteiger partial charge in [0.25, 0.3) is 0 Å². The fourth-order valence-electron chi connectivity index (χ4n) is 10.4. The van der Waals surface area contributed by atoms with Crippen LogP contribution in [0, 0.1) is 52.0 Å². The summed E-state index contributed by atoms with van der Waals surface area (Å²) in [6.45, 7) is 8.10. The molecular weight excluding hydrogens is 402 g/mol. The summed E-state index contributed by atoms with van der Waals surface area (Å²) in [5.41, 5.74) is 3.16. The highest BCUT2D eigenvalue weighted by Crippen LogP contribution is 2.64. The second-order valence-electron chi connectivity index (χ2n) is 13.2. The van der Waals surface area contributed by atoms with Crippen molar-refractivity contribution in [2.24, 2.45) is 46.8 Å². The predicted molar refractivity (Wildman–Crippen MR) is 123 cm³/mol. The number of piperidine rings is 2. The zero-order valence-corrected chi connectivity index (χ0v) is 20.1. The molecule has 0 spiro atoms. The lowest BCUT2D eigenvalue weighted by molar-refractivity contribution is -0.933. The molecule has 0 aromatic rings. The van der Waals surface area contributed by atoms with E-state index in [-0.39, 0.29) is 40.1 Å². The molecule has 180 valence electrons. The minimum absolute atomic E-state index is 0.0153. The Morgan fingerprint density at radius 3 is 2.47 bits per heavy atom. The van der Waals surface area contributed by atoms with Crippen LogP contribution in [0.3, 0.4) is 0 Å². The summed E-state index contributed by atoms with van der Waals surface area (Å²) in [6.07, 6.45) is 6.49. The molecule has 13 unspecified atom stereocenters. The normalized spacial score (nSPS) is 59.5. The molecule has 2 saturated heterocycles. The second-order valence-corrected chi connectivity index (χ2v) is 13.2. The maximum absolute atomic E-state index is 14.2. The average molecular weight is 446 g/mol. The maximum Gasteiger partial charge on any atom is 0.118 e. The highest BCUT2D eigenvalue weighted by molar-refractivity contribution is 5.36. The van der Waals surface area contributed by atoms with Gasteiger partial charge in [-0.15, -0.1) is 0 Å². The molecule has 3 N–H and O–H groups in total. The molecule has 2 heterocycles. The van der Waals surface area contributed by atoms with E-state index in [1.807, 2.05) is 0 Å². The zero-order chi connectivity index (χ0) is 22.6. The number of aliphatic hydroxyl groups excluding tert-OH is 3. The number of hydroxylamine groups is 3. The monoisotopic (exact) mass is 445 g/mol. The van der Waals surface area contributed by atoms with Crippen molar-refractivity contribution in [3.63, 3.8) is 0 Å². The van der Waals surface area contributed by atoms with Gasteiger partial charge in [0.2, 0.25) is 0 Å². The van der Waals surface area contributed by atoms with Gasteiger partial charge in [-0.05, 0) is 80.5 Å². The minimum atomic E-state index is -0.455. The number of aliphatic hydroxyl groups is 3. The van der Waals surface area contributed by atoms with Gasteiger partial charge in [-0.3, -0.25) is 0 Å². The third-order valence-electron chi connectivity index (χ3n) is 11.6. The predicted octanol–water partition coefficient (Wildman–Crippen LogP) is 3.61. The van der Waals surface area contributed by atoms with E-state index < -0.39 is 6.10 Å². The number of hydrogen-bond donors (Lipinski definition) is 3. The van der Waals surface area contributed by atoms with Crippen molar-refractivity contribution in [1.29, 1.82) is 0 Å². The number of nitrogens with zero attached hydrogens (tertiary/aromatic N) is 1. The Hall–Kier alpha value is -0.460. The summed E-state index contributed by atoms with van der Waals surface area (Å²) in [5, 5.41) is 46.5. The van der Waals surface area contributed by atoms with E-state index in [2.05, 4.69) is 20.8 Å². The lowest BCUT2D eigenvalue weighted by atomic mass is 9.56. The van der Waals surface area contributed by atoms with Crippen LogP contribution in [0.15, 0.2) is 11.1 Å². The quantitative estimate of drug-likeness (QED) is 0.302. The smallest absolute Gasteiger partial charge is 0.118 e. The van der Waals surface area contributed by atoms with Crippen LogP contribution in [0.1, 0.15) is 72.1 Å². The van der Waals surface area contributed by atoms with Crippen molar-refractivity contribution in [2.45, 2.75) is 96.5 Å². The summed E-state index contributed by atoms with van der Waals surface area (Å²) >= 11 is 0. The first-order valence-corrected chi connectivity index (χ1v) is 13.5. The fourth-order valence-corrected chi connectivity index (χ4v) is 10.4. The second kappa shape index (κ2) is 7.27. The lowest BCUT2D eigenvalue weighted by Crippen LogP contribution is -2.71. The topological polar surface area (TPSA) is 83.8 Å². The molecule has 4 fully saturated rings. The van der Waals surface area contributed by atoms with Gasteiger partial charge < -0.3 is 25.2 Å². The van der Waals surface area contributed by atoms with Crippen LogP contribution >= 0.6 is 0 Å². The van der Waals surface area contributed by atoms with Gasteiger partial charge in [0.05, 0.1) is 25.3 Å². The van der Waals surface area contributed by atoms with E-state index in [1.165, 1.54) is 12.0 Å². The van der Waals surface area contributed by atoms with E-state index in [4.69, 9.17) is 0 Å². The van der Waals surface area contributed by atoms with Gasteiger partial charge in [0.15, 0.2) is 0 Å². The van der Waals surface area contributed by atoms with Crippen molar-refractivity contribution in [1.82, 2.24) is 0 Å². The summed E-state index contributed by atoms with van der Waals surface area (Å²) in [7, 11) is 0. The molecule has 2 aliphatic heterocycles. The van der Waals surface area contributed by atoms with Crippen molar-refractivity contribution < 1.29 is 20.0 Å². The molecular formula is C27H43NO4. The first-order chi connectivity index (χ1) is 15.1.